The number of aromatic nitrogens is 4. The number of nitrogens with one attached hydrogen (secondary N) is 1. The fourth-order valence-electron chi connectivity index (χ4n) is 2.99. The lowest BCUT2D eigenvalue weighted by atomic mass is 10.00. The number of hydrogen-bond donors (Lipinski definition) is 2. The van der Waals surface area contributed by atoms with Crippen molar-refractivity contribution in [2.45, 2.75) is 31.7 Å². The Bertz CT molecular complexity index is 603. The third kappa shape index (κ3) is 1.73. The molecule has 1 saturated carbocycles. The topological polar surface area (TPSA) is 83.8 Å². The number of aliphatic hydroxyl groups is 1. The van der Waals surface area contributed by atoms with Crippen LogP contribution in [0.5, 0.6) is 0 Å². The zero-order valence-electron chi connectivity index (χ0n) is 10.0. The van der Waals surface area contributed by atoms with E-state index >= 15 is 0 Å². The predicted octanol–water partition coefficient (Wildman–Crippen LogP) is 0.843. The first-order valence-corrected chi connectivity index (χ1v) is 6.32. The molecule has 1 fully saturated rings. The highest BCUT2D eigenvalue weighted by molar-refractivity contribution is 5.68. The fraction of sp³-hybridized carbons (Fsp3) is 0.583. The molecule has 2 aromatic rings. The molecule has 0 amide bonds. The second-order valence-electron chi connectivity index (χ2n) is 4.83. The Kier molecular flexibility index (Phi) is 2.87. The van der Waals surface area contributed by atoms with E-state index in [2.05, 4.69) is 15.0 Å². The van der Waals surface area contributed by atoms with E-state index in [1.807, 2.05) is 4.57 Å². The van der Waals surface area contributed by atoms with Gasteiger partial charge in [-0.05, 0) is 25.2 Å². The molecule has 0 radical (unpaired) electrons. The van der Waals surface area contributed by atoms with Crippen molar-refractivity contribution >= 4 is 11.2 Å². The Morgan fingerprint density at radius 3 is 3.17 bits per heavy atom. The van der Waals surface area contributed by atoms with E-state index < -0.39 is 0 Å². The zero-order valence-corrected chi connectivity index (χ0v) is 10.0. The molecule has 0 aliphatic heterocycles. The number of rotatable bonds is 3. The SMILES string of the molecule is O=c1[nH]cnc2c1ncn2[C@@H]1CCC[C@H]1CCO. The highest BCUT2D eigenvalue weighted by Gasteiger charge is 2.29. The molecule has 0 aromatic carbocycles. The minimum Gasteiger partial charge on any atom is -0.396 e. The number of fused-ring (bicyclic) bond motifs is 1. The van der Waals surface area contributed by atoms with E-state index in [1.165, 1.54) is 6.33 Å². The van der Waals surface area contributed by atoms with Gasteiger partial charge in [0.15, 0.2) is 11.2 Å². The van der Waals surface area contributed by atoms with Crippen molar-refractivity contribution in [2.75, 3.05) is 6.61 Å². The van der Waals surface area contributed by atoms with Gasteiger partial charge >= 0.3 is 0 Å². The molecule has 0 bridgehead atoms. The Morgan fingerprint density at radius 2 is 2.33 bits per heavy atom. The van der Waals surface area contributed by atoms with Gasteiger partial charge in [-0.25, -0.2) is 9.97 Å². The van der Waals surface area contributed by atoms with Crippen LogP contribution in [0, 0.1) is 5.92 Å². The Labute approximate surface area is 104 Å². The maximum Gasteiger partial charge on any atom is 0.278 e. The van der Waals surface area contributed by atoms with Crippen LogP contribution in [0.15, 0.2) is 17.4 Å². The van der Waals surface area contributed by atoms with Gasteiger partial charge in [-0.15, -0.1) is 0 Å². The molecular formula is C12H16N4O2. The van der Waals surface area contributed by atoms with Crippen molar-refractivity contribution < 1.29 is 5.11 Å². The van der Waals surface area contributed by atoms with Crippen LogP contribution in [0.1, 0.15) is 31.7 Å². The van der Waals surface area contributed by atoms with Gasteiger partial charge in [-0.1, -0.05) is 6.42 Å². The Morgan fingerprint density at radius 1 is 1.44 bits per heavy atom. The molecule has 3 rings (SSSR count). The quantitative estimate of drug-likeness (QED) is 0.843. The summed E-state index contributed by atoms with van der Waals surface area (Å²) >= 11 is 0. The van der Waals surface area contributed by atoms with E-state index in [4.69, 9.17) is 5.11 Å². The number of H-pyrrole nitrogens is 1. The molecular weight excluding hydrogens is 232 g/mol. The molecule has 0 saturated heterocycles. The Balaban J connectivity index is 2.04. The van der Waals surface area contributed by atoms with E-state index in [9.17, 15) is 4.79 Å². The molecule has 6 heteroatoms. The van der Waals surface area contributed by atoms with E-state index in [1.54, 1.807) is 6.33 Å². The van der Waals surface area contributed by atoms with Crippen LogP contribution in [-0.4, -0.2) is 31.2 Å². The van der Waals surface area contributed by atoms with Gasteiger partial charge in [0.2, 0.25) is 0 Å². The maximum atomic E-state index is 11.6. The highest BCUT2D eigenvalue weighted by Crippen LogP contribution is 2.38. The summed E-state index contributed by atoms with van der Waals surface area (Å²) < 4.78 is 2.00. The lowest BCUT2D eigenvalue weighted by Crippen LogP contribution is -2.16. The van der Waals surface area contributed by atoms with Crippen molar-refractivity contribution in [1.82, 2.24) is 19.5 Å². The smallest absolute Gasteiger partial charge is 0.278 e. The molecule has 18 heavy (non-hydrogen) atoms. The van der Waals surface area contributed by atoms with Crippen LogP contribution in [0.3, 0.4) is 0 Å². The standard InChI is InChI=1S/C12H16N4O2/c17-5-4-8-2-1-3-9(8)16-7-15-10-11(16)13-6-14-12(10)18/h6-9,17H,1-5H2,(H,13,14,18)/t8-,9+/m0/s1. The second kappa shape index (κ2) is 4.53. The van der Waals surface area contributed by atoms with Crippen molar-refractivity contribution in [3.8, 4) is 0 Å². The monoisotopic (exact) mass is 248 g/mol. The summed E-state index contributed by atoms with van der Waals surface area (Å²) in [5.41, 5.74) is 0.844. The first kappa shape index (κ1) is 11.4. The second-order valence-corrected chi connectivity index (χ2v) is 4.83. The summed E-state index contributed by atoms with van der Waals surface area (Å²) in [7, 11) is 0. The number of imidazole rings is 1. The third-order valence-electron chi connectivity index (χ3n) is 3.84. The summed E-state index contributed by atoms with van der Waals surface area (Å²) in [6, 6.07) is 0.302. The van der Waals surface area contributed by atoms with Crippen molar-refractivity contribution in [3.63, 3.8) is 0 Å². The molecule has 96 valence electrons. The molecule has 6 nitrogen and oxygen atoms in total. The Hall–Kier alpha value is -1.69. The molecule has 0 spiro atoms. The van der Waals surface area contributed by atoms with Gasteiger partial charge in [0.05, 0.1) is 12.7 Å². The summed E-state index contributed by atoms with van der Waals surface area (Å²) in [5.74, 6) is 0.452. The van der Waals surface area contributed by atoms with Gasteiger partial charge in [0, 0.05) is 12.6 Å². The van der Waals surface area contributed by atoms with Crippen LogP contribution < -0.4 is 5.56 Å². The molecule has 1 aliphatic rings. The van der Waals surface area contributed by atoms with Crippen molar-refractivity contribution in [2.24, 2.45) is 5.92 Å². The van der Waals surface area contributed by atoms with Gasteiger partial charge in [0.25, 0.3) is 5.56 Å². The van der Waals surface area contributed by atoms with Gasteiger partial charge in [-0.2, -0.15) is 0 Å². The van der Waals surface area contributed by atoms with E-state index in [0.29, 0.717) is 23.1 Å². The first-order chi connectivity index (χ1) is 8.81. The third-order valence-corrected chi connectivity index (χ3v) is 3.84. The summed E-state index contributed by atoms with van der Waals surface area (Å²) in [6.45, 7) is 0.210. The van der Waals surface area contributed by atoms with Crippen molar-refractivity contribution in [3.05, 3.63) is 23.0 Å². The zero-order chi connectivity index (χ0) is 12.5. The summed E-state index contributed by atoms with van der Waals surface area (Å²) in [4.78, 5) is 22.5. The molecule has 1 aliphatic carbocycles. The highest BCUT2D eigenvalue weighted by atomic mass is 16.3. The van der Waals surface area contributed by atoms with Crippen LogP contribution in [0.25, 0.3) is 11.2 Å². The van der Waals surface area contributed by atoms with Crippen LogP contribution in [-0.2, 0) is 0 Å². The number of hydrogen-bond acceptors (Lipinski definition) is 4. The first-order valence-electron chi connectivity index (χ1n) is 6.32. The number of aliphatic hydroxyl groups excluding tert-OH is 1. The minimum absolute atomic E-state index is 0.199. The van der Waals surface area contributed by atoms with Crippen LogP contribution >= 0.6 is 0 Å². The lowest BCUT2D eigenvalue weighted by molar-refractivity contribution is 0.236. The summed E-state index contributed by atoms with van der Waals surface area (Å²) in [5, 5.41) is 9.10. The fourth-order valence-corrected chi connectivity index (χ4v) is 2.99. The predicted molar refractivity (Wildman–Crippen MR) is 66.2 cm³/mol. The van der Waals surface area contributed by atoms with E-state index in [0.717, 1.165) is 25.7 Å². The van der Waals surface area contributed by atoms with Crippen LogP contribution in [0.2, 0.25) is 0 Å². The van der Waals surface area contributed by atoms with Crippen molar-refractivity contribution in [1.29, 1.82) is 0 Å². The maximum absolute atomic E-state index is 11.6. The molecule has 0 unspecified atom stereocenters. The molecule has 2 aromatic heterocycles. The lowest BCUT2D eigenvalue weighted by Gasteiger charge is -2.20. The summed E-state index contributed by atoms with van der Waals surface area (Å²) in [6.07, 6.45) is 7.25. The van der Waals surface area contributed by atoms with Gasteiger partial charge in [0.1, 0.15) is 0 Å². The normalized spacial score (nSPS) is 23.8. The molecule has 2 N–H and O–H groups in total. The van der Waals surface area contributed by atoms with Gasteiger partial charge < -0.3 is 14.7 Å². The molecule has 2 heterocycles. The average molecular weight is 248 g/mol. The molecule has 2 atom stereocenters. The number of nitrogens with zero attached hydrogens (tertiary/aromatic N) is 3. The van der Waals surface area contributed by atoms with Gasteiger partial charge in [-0.3, -0.25) is 4.79 Å². The largest absolute Gasteiger partial charge is 0.396 e. The average Bonchev–Trinajstić information content (AvgIpc) is 2.96. The van der Waals surface area contributed by atoms with E-state index in [-0.39, 0.29) is 12.2 Å². The van der Waals surface area contributed by atoms with Crippen LogP contribution in [0.4, 0.5) is 0 Å². The minimum atomic E-state index is -0.199. The number of aromatic amines is 1.